The van der Waals surface area contributed by atoms with Crippen LogP contribution < -0.4 is 31.9 Å². The van der Waals surface area contributed by atoms with Crippen LogP contribution in [0, 0.1) is 0 Å². The van der Waals surface area contributed by atoms with Gasteiger partial charge in [-0.15, -0.1) is 0 Å². The number of nitrogens with zero attached hydrogens (tertiary/aromatic N) is 2. The maximum atomic E-state index is 13.4. The minimum Gasteiger partial charge on any atom is -0.355 e. The van der Waals surface area contributed by atoms with Gasteiger partial charge in [0.05, 0.1) is 32.5 Å². The number of amides is 6. The van der Waals surface area contributed by atoms with Crippen LogP contribution in [-0.4, -0.2) is 101 Å². The Labute approximate surface area is 417 Å². The number of carbonyl (C=O) groups is 5. The maximum Gasteiger partial charge on any atom is 0.323 e. The highest BCUT2D eigenvalue weighted by Gasteiger charge is 2.24. The molecule has 4 aromatic carbocycles. The number of aromatic amines is 2. The summed E-state index contributed by atoms with van der Waals surface area (Å²) < 4.78 is 136. The van der Waals surface area contributed by atoms with Crippen molar-refractivity contribution >= 4 is 126 Å². The van der Waals surface area contributed by atoms with E-state index >= 15 is 0 Å². The SMILES string of the molecule is Cn1cc(NC(=O)c2cc(NC(=O)Nc3c[nH]c(C(=O)Nc4cc(C(=O)Nc5ccc(S(=O)(=O)O)c6cc(S(=O)(=O)O)ccc56)n(C)c4)c3)c[nH]2)cc1C(=O)Nc1ccc(S(=O)(=O)O)c2cc(S(=O)(=O)O)ccc12. The number of aromatic nitrogens is 4. The molecule has 0 spiro atoms. The summed E-state index contributed by atoms with van der Waals surface area (Å²) in [6.45, 7) is 0. The van der Waals surface area contributed by atoms with Crippen molar-refractivity contribution in [1.29, 1.82) is 0 Å². The van der Waals surface area contributed by atoms with E-state index < -0.39 is 89.7 Å². The highest BCUT2D eigenvalue weighted by molar-refractivity contribution is 7.87. The first-order valence-corrected chi connectivity index (χ1v) is 26.4. The summed E-state index contributed by atoms with van der Waals surface area (Å²) in [6, 6.07) is 14.5. The predicted molar refractivity (Wildman–Crippen MR) is 264 cm³/mol. The van der Waals surface area contributed by atoms with E-state index in [1.165, 1.54) is 72.3 Å². The van der Waals surface area contributed by atoms with E-state index in [2.05, 4.69) is 41.9 Å². The van der Waals surface area contributed by atoms with E-state index in [-0.39, 0.29) is 78.4 Å². The lowest BCUT2D eigenvalue weighted by Crippen LogP contribution is -2.18. The fourth-order valence-electron chi connectivity index (χ4n) is 7.57. The van der Waals surface area contributed by atoms with Gasteiger partial charge in [0.15, 0.2) is 0 Å². The molecule has 0 radical (unpaired) electrons. The summed E-state index contributed by atoms with van der Waals surface area (Å²) >= 11 is 0. The van der Waals surface area contributed by atoms with Crippen molar-refractivity contribution in [3.05, 3.63) is 132 Å². The number of hydrogen-bond acceptors (Lipinski definition) is 13. The fourth-order valence-corrected chi connectivity index (χ4v) is 9.95. The second-order valence-electron chi connectivity index (χ2n) is 16.0. The molecule has 0 aliphatic rings. The van der Waals surface area contributed by atoms with Crippen LogP contribution >= 0.6 is 0 Å². The molecule has 0 bridgehead atoms. The number of rotatable bonds is 14. The first kappa shape index (κ1) is 51.7. The van der Waals surface area contributed by atoms with E-state index in [1.807, 2.05) is 0 Å². The highest BCUT2D eigenvalue weighted by Crippen LogP contribution is 2.34. The number of benzene rings is 4. The molecular formula is C43H36N10O17S4. The van der Waals surface area contributed by atoms with E-state index in [0.717, 1.165) is 60.7 Å². The zero-order valence-electron chi connectivity index (χ0n) is 37.5. The van der Waals surface area contributed by atoms with E-state index in [0.29, 0.717) is 0 Å². The summed E-state index contributed by atoms with van der Waals surface area (Å²) in [7, 11) is -16.3. The van der Waals surface area contributed by atoms with Crippen molar-refractivity contribution < 1.29 is 75.9 Å². The maximum absolute atomic E-state index is 13.4. The van der Waals surface area contributed by atoms with Crippen LogP contribution in [0.1, 0.15) is 42.0 Å². The Bertz CT molecular complexity index is 3910. The quantitative estimate of drug-likeness (QED) is 0.0640. The van der Waals surface area contributed by atoms with Gasteiger partial charge in [-0.3, -0.25) is 37.4 Å². The molecule has 4 aromatic heterocycles. The van der Waals surface area contributed by atoms with Crippen molar-refractivity contribution in [2.45, 2.75) is 19.6 Å². The molecule has 0 aliphatic carbocycles. The van der Waals surface area contributed by atoms with Crippen molar-refractivity contribution in [2.24, 2.45) is 14.1 Å². The number of anilines is 6. The van der Waals surface area contributed by atoms with Gasteiger partial charge in [0.2, 0.25) is 0 Å². The van der Waals surface area contributed by atoms with Gasteiger partial charge < -0.3 is 51.0 Å². The molecule has 0 saturated carbocycles. The molecule has 8 aromatic rings. The second kappa shape index (κ2) is 19.1. The van der Waals surface area contributed by atoms with E-state index in [1.54, 1.807) is 0 Å². The van der Waals surface area contributed by atoms with Crippen molar-refractivity contribution in [1.82, 2.24) is 19.1 Å². The summed E-state index contributed by atoms with van der Waals surface area (Å²) in [5.74, 6) is -2.87. The first-order valence-electron chi connectivity index (χ1n) is 20.6. The molecule has 0 unspecified atom stereocenters. The number of nitrogens with one attached hydrogen (secondary N) is 8. The third kappa shape index (κ3) is 11.0. The predicted octanol–water partition coefficient (Wildman–Crippen LogP) is 4.97. The van der Waals surface area contributed by atoms with Gasteiger partial charge in [0.25, 0.3) is 64.1 Å². The number of urea groups is 1. The fraction of sp³-hybridized carbons (Fsp3) is 0.0465. The zero-order chi connectivity index (χ0) is 53.8. The molecule has 6 amide bonds. The Morgan fingerprint density at radius 2 is 0.797 bits per heavy atom. The molecule has 31 heteroatoms. The lowest BCUT2D eigenvalue weighted by Gasteiger charge is -2.12. The smallest absolute Gasteiger partial charge is 0.323 e. The van der Waals surface area contributed by atoms with Crippen molar-refractivity contribution in [2.75, 3.05) is 31.9 Å². The minimum absolute atomic E-state index is 0.0000673. The van der Waals surface area contributed by atoms with Gasteiger partial charge in [0, 0.05) is 71.8 Å². The molecule has 0 aliphatic heterocycles. The second-order valence-corrected chi connectivity index (χ2v) is 21.6. The first-order chi connectivity index (χ1) is 34.5. The van der Waals surface area contributed by atoms with E-state index in [4.69, 9.17) is 0 Å². The molecule has 384 valence electrons. The van der Waals surface area contributed by atoms with Crippen LogP contribution in [0.15, 0.2) is 129 Å². The molecule has 0 fully saturated rings. The zero-order valence-corrected chi connectivity index (χ0v) is 40.8. The Hall–Kier alpha value is -8.69. The normalized spacial score (nSPS) is 12.1. The highest BCUT2D eigenvalue weighted by atomic mass is 32.2. The number of fused-ring (bicyclic) bond motifs is 2. The summed E-state index contributed by atoms with van der Waals surface area (Å²) in [4.78, 5) is 68.7. The lowest BCUT2D eigenvalue weighted by molar-refractivity contribution is 0.101. The Balaban J connectivity index is 0.860. The molecule has 12 N–H and O–H groups in total. The molecule has 27 nitrogen and oxygen atoms in total. The van der Waals surface area contributed by atoms with Gasteiger partial charge in [-0.25, -0.2) is 4.79 Å². The van der Waals surface area contributed by atoms with Crippen LogP contribution in [0.3, 0.4) is 0 Å². The summed E-state index contributed by atoms with van der Waals surface area (Å²) in [6.07, 6.45) is 5.43. The summed E-state index contributed by atoms with van der Waals surface area (Å²) in [5.41, 5.74) is 0.559. The molecular weight excluding hydrogens is 1060 g/mol. The topological polar surface area (TPSA) is 416 Å². The molecule has 8 rings (SSSR count). The van der Waals surface area contributed by atoms with Gasteiger partial charge in [0.1, 0.15) is 32.6 Å². The average molecular weight is 1090 g/mol. The third-order valence-electron chi connectivity index (χ3n) is 10.9. The van der Waals surface area contributed by atoms with Gasteiger partial charge in [-0.05, 0) is 72.8 Å². The van der Waals surface area contributed by atoms with Crippen LogP contribution in [0.2, 0.25) is 0 Å². The Morgan fingerprint density at radius 3 is 1.15 bits per heavy atom. The van der Waals surface area contributed by atoms with Crippen LogP contribution in [-0.2, 0) is 54.6 Å². The standard InChI is InChI=1S/C43H36N10O17S4/c1-52-19-23(13-35(52)41(56)50-31-7-9-37(73(65,66)67)29-15-25(71(59,60)61)3-5-27(29)31)46-39(54)33-11-21(17-44-33)48-43(58)49-22-12-34(45-18-22)40(55)47-24-14-36(53(2)20-24)42(57)51-32-8-10-38(74(68,69)70)30-16-26(72(62,63)64)4-6-28(30)32/h3-20,44-45H,1-2H3,(H,46,54)(H,47,55)(H,50,56)(H,51,57)(H2,48,49,58)(H,59,60,61)(H,62,63,64)(H,65,66,67)(H,68,69,70). The van der Waals surface area contributed by atoms with Gasteiger partial charge in [-0.1, -0.05) is 12.1 Å². The number of H-pyrrole nitrogens is 2. The van der Waals surface area contributed by atoms with Gasteiger partial charge in [-0.2, -0.15) is 33.7 Å². The van der Waals surface area contributed by atoms with Crippen molar-refractivity contribution in [3.63, 3.8) is 0 Å². The lowest BCUT2D eigenvalue weighted by atomic mass is 10.1. The monoisotopic (exact) mass is 1090 g/mol. The van der Waals surface area contributed by atoms with Crippen molar-refractivity contribution in [3.8, 4) is 0 Å². The number of hydrogen-bond donors (Lipinski definition) is 12. The number of aryl methyl sites for hydroxylation is 2. The number of carbonyl (C=O) groups excluding carboxylic acids is 5. The summed E-state index contributed by atoms with van der Waals surface area (Å²) in [5, 5.41) is 14.8. The minimum atomic E-state index is -4.88. The van der Waals surface area contributed by atoms with Crippen LogP contribution in [0.4, 0.5) is 38.9 Å². The molecule has 4 heterocycles. The van der Waals surface area contributed by atoms with Gasteiger partial charge >= 0.3 is 6.03 Å². The molecule has 0 saturated heterocycles. The van der Waals surface area contributed by atoms with Crippen LogP contribution in [0.25, 0.3) is 21.5 Å². The largest absolute Gasteiger partial charge is 0.355 e. The average Bonchev–Trinajstić information content (AvgIpc) is 4.12. The molecule has 74 heavy (non-hydrogen) atoms. The van der Waals surface area contributed by atoms with Crippen LogP contribution in [0.5, 0.6) is 0 Å². The Morgan fingerprint density at radius 1 is 0.419 bits per heavy atom. The third-order valence-corrected chi connectivity index (χ3v) is 14.4. The Kier molecular flexibility index (Phi) is 13.3. The molecule has 0 atom stereocenters. The van der Waals surface area contributed by atoms with E-state index in [9.17, 15) is 75.9 Å².